The van der Waals surface area contributed by atoms with Crippen molar-refractivity contribution >= 4 is 0 Å². The Morgan fingerprint density at radius 2 is 1.78 bits per heavy atom. The first-order valence-electron chi connectivity index (χ1n) is 5.55. The van der Waals surface area contributed by atoms with Gasteiger partial charge in [0.2, 0.25) is 0 Å². The Kier molecular flexibility index (Phi) is 3.24. The third kappa shape index (κ3) is 2.16. The highest BCUT2D eigenvalue weighted by Crippen LogP contribution is 2.21. The highest BCUT2D eigenvalue weighted by Gasteiger charge is 2.09. The molecule has 1 aromatic heterocycles. The molecule has 1 aromatic carbocycles. The second-order valence-corrected chi connectivity index (χ2v) is 3.95. The highest BCUT2D eigenvalue weighted by molar-refractivity contribution is 5.57. The minimum atomic E-state index is 0.424. The third-order valence-corrected chi connectivity index (χ3v) is 2.84. The number of aromatic nitrogens is 2. The maximum absolute atomic E-state index is 9.04. The predicted octanol–water partition coefficient (Wildman–Crippen LogP) is 2.64. The predicted molar refractivity (Wildman–Crippen MR) is 68.2 cm³/mol. The molecule has 0 atom stereocenters. The fourth-order valence-corrected chi connectivity index (χ4v) is 1.61. The van der Waals surface area contributed by atoms with E-state index in [1.165, 1.54) is 0 Å². The lowest BCUT2D eigenvalue weighted by atomic mass is 10.1. The molecule has 0 radical (unpaired) electrons. The van der Waals surface area contributed by atoms with Crippen molar-refractivity contribution in [2.45, 2.75) is 13.8 Å². The lowest BCUT2D eigenvalue weighted by Gasteiger charge is -2.06. The van der Waals surface area contributed by atoms with Crippen molar-refractivity contribution in [3.8, 4) is 23.2 Å². The number of aryl methyl sites for hydroxylation is 1. The molecule has 0 saturated heterocycles. The molecule has 1 heterocycles. The summed E-state index contributed by atoms with van der Waals surface area (Å²) in [6, 6.07) is 9.55. The summed E-state index contributed by atoms with van der Waals surface area (Å²) in [5.74, 6) is 1.35. The standard InChI is InChI=1S/C14H13N3O/c1-9-10(2)16-14(17-13(9)8-15)11-4-6-12(18-3)7-5-11/h4-7H,1-3H3. The van der Waals surface area contributed by atoms with E-state index in [0.717, 1.165) is 22.6 Å². The summed E-state index contributed by atoms with van der Waals surface area (Å²) in [6.45, 7) is 3.73. The van der Waals surface area contributed by atoms with Crippen LogP contribution in [0.3, 0.4) is 0 Å². The highest BCUT2D eigenvalue weighted by atomic mass is 16.5. The minimum absolute atomic E-state index is 0.424. The van der Waals surface area contributed by atoms with Crippen LogP contribution in [0.15, 0.2) is 24.3 Å². The van der Waals surface area contributed by atoms with Crippen molar-refractivity contribution in [1.82, 2.24) is 9.97 Å². The zero-order valence-corrected chi connectivity index (χ0v) is 10.6. The third-order valence-electron chi connectivity index (χ3n) is 2.84. The Labute approximate surface area is 106 Å². The fourth-order valence-electron chi connectivity index (χ4n) is 1.61. The largest absolute Gasteiger partial charge is 0.497 e. The summed E-state index contributed by atoms with van der Waals surface area (Å²) < 4.78 is 5.10. The lowest BCUT2D eigenvalue weighted by Crippen LogP contribution is -1.99. The van der Waals surface area contributed by atoms with Gasteiger partial charge in [0, 0.05) is 16.8 Å². The molecule has 4 nitrogen and oxygen atoms in total. The van der Waals surface area contributed by atoms with Crippen LogP contribution in [0, 0.1) is 25.2 Å². The molecular weight excluding hydrogens is 226 g/mol. The first kappa shape index (κ1) is 12.1. The molecular formula is C14H13N3O. The first-order valence-corrected chi connectivity index (χ1v) is 5.55. The van der Waals surface area contributed by atoms with Gasteiger partial charge in [0.25, 0.3) is 0 Å². The van der Waals surface area contributed by atoms with Gasteiger partial charge >= 0.3 is 0 Å². The summed E-state index contributed by atoms with van der Waals surface area (Å²) in [7, 11) is 1.62. The van der Waals surface area contributed by atoms with Crippen molar-refractivity contribution in [2.75, 3.05) is 7.11 Å². The van der Waals surface area contributed by atoms with Crippen LogP contribution in [0.25, 0.3) is 11.4 Å². The summed E-state index contributed by atoms with van der Waals surface area (Å²) >= 11 is 0. The van der Waals surface area contributed by atoms with Gasteiger partial charge in [-0.15, -0.1) is 0 Å². The second-order valence-electron chi connectivity index (χ2n) is 3.95. The number of methoxy groups -OCH3 is 1. The summed E-state index contributed by atoms with van der Waals surface area (Å²) in [4.78, 5) is 8.67. The van der Waals surface area contributed by atoms with Crippen molar-refractivity contribution in [2.24, 2.45) is 0 Å². The van der Waals surface area contributed by atoms with Crippen molar-refractivity contribution in [3.63, 3.8) is 0 Å². The maximum atomic E-state index is 9.04. The summed E-state index contributed by atoms with van der Waals surface area (Å²) in [5, 5.41) is 9.04. The van der Waals surface area contributed by atoms with Gasteiger partial charge in [-0.1, -0.05) is 0 Å². The lowest BCUT2D eigenvalue weighted by molar-refractivity contribution is 0.415. The minimum Gasteiger partial charge on any atom is -0.497 e. The molecule has 2 aromatic rings. The van der Waals surface area contributed by atoms with Crippen molar-refractivity contribution in [3.05, 3.63) is 41.2 Å². The Balaban J connectivity index is 2.50. The first-order chi connectivity index (χ1) is 8.65. The number of rotatable bonds is 2. The number of nitrogens with zero attached hydrogens (tertiary/aromatic N) is 3. The van der Waals surface area contributed by atoms with Gasteiger partial charge in [0.1, 0.15) is 17.5 Å². The molecule has 0 aliphatic carbocycles. The number of hydrogen-bond donors (Lipinski definition) is 0. The maximum Gasteiger partial charge on any atom is 0.160 e. The normalized spacial score (nSPS) is 9.89. The van der Waals surface area contributed by atoms with E-state index in [1.54, 1.807) is 7.11 Å². The molecule has 90 valence electrons. The van der Waals surface area contributed by atoms with Crippen LogP contribution < -0.4 is 4.74 Å². The summed E-state index contributed by atoms with van der Waals surface area (Å²) in [6.07, 6.45) is 0. The van der Waals surface area contributed by atoms with E-state index in [-0.39, 0.29) is 0 Å². The van der Waals surface area contributed by atoms with Gasteiger partial charge in [0.05, 0.1) is 7.11 Å². The molecule has 4 heteroatoms. The Hall–Kier alpha value is -2.41. The SMILES string of the molecule is COc1ccc(-c2nc(C)c(C)c(C#N)n2)cc1. The van der Waals surface area contributed by atoms with Crippen LogP contribution in [0.5, 0.6) is 5.75 Å². The zero-order valence-electron chi connectivity index (χ0n) is 10.6. The number of nitriles is 1. The van der Waals surface area contributed by atoms with Crippen LogP contribution in [-0.2, 0) is 0 Å². The van der Waals surface area contributed by atoms with Crippen LogP contribution in [0.1, 0.15) is 17.0 Å². The Morgan fingerprint density at radius 1 is 1.11 bits per heavy atom. The van der Waals surface area contributed by atoms with E-state index in [9.17, 15) is 0 Å². The Bertz CT molecular complexity index is 612. The molecule has 2 rings (SSSR count). The molecule has 0 saturated carbocycles. The fraction of sp³-hybridized carbons (Fsp3) is 0.214. The van der Waals surface area contributed by atoms with Gasteiger partial charge in [-0.2, -0.15) is 5.26 Å². The van der Waals surface area contributed by atoms with E-state index < -0.39 is 0 Å². The molecule has 0 unspecified atom stereocenters. The molecule has 0 fully saturated rings. The van der Waals surface area contributed by atoms with Crippen molar-refractivity contribution < 1.29 is 4.74 Å². The van der Waals surface area contributed by atoms with Crippen molar-refractivity contribution in [1.29, 1.82) is 5.26 Å². The quantitative estimate of drug-likeness (QED) is 0.808. The van der Waals surface area contributed by atoms with Crippen LogP contribution in [0.2, 0.25) is 0 Å². The molecule has 0 spiro atoms. The van der Waals surface area contributed by atoms with E-state index >= 15 is 0 Å². The van der Waals surface area contributed by atoms with E-state index in [4.69, 9.17) is 10.00 Å². The number of hydrogen-bond acceptors (Lipinski definition) is 4. The monoisotopic (exact) mass is 239 g/mol. The van der Waals surface area contributed by atoms with E-state index in [0.29, 0.717) is 11.5 Å². The van der Waals surface area contributed by atoms with Gasteiger partial charge in [-0.3, -0.25) is 0 Å². The molecule has 0 bridgehead atoms. The van der Waals surface area contributed by atoms with Gasteiger partial charge < -0.3 is 4.74 Å². The Morgan fingerprint density at radius 3 is 2.33 bits per heavy atom. The average molecular weight is 239 g/mol. The van der Waals surface area contributed by atoms with E-state index in [1.807, 2.05) is 38.1 Å². The average Bonchev–Trinajstić information content (AvgIpc) is 2.42. The zero-order chi connectivity index (χ0) is 13.1. The molecule has 0 N–H and O–H groups in total. The van der Waals surface area contributed by atoms with Crippen LogP contribution >= 0.6 is 0 Å². The van der Waals surface area contributed by atoms with Crippen LogP contribution in [0.4, 0.5) is 0 Å². The molecule has 18 heavy (non-hydrogen) atoms. The van der Waals surface area contributed by atoms with Crippen LogP contribution in [-0.4, -0.2) is 17.1 Å². The molecule has 0 aliphatic rings. The summed E-state index contributed by atoms with van der Waals surface area (Å²) in [5.41, 5.74) is 2.95. The second kappa shape index (κ2) is 4.84. The van der Waals surface area contributed by atoms with Gasteiger partial charge in [-0.05, 0) is 38.1 Å². The number of ether oxygens (including phenoxy) is 1. The van der Waals surface area contributed by atoms with E-state index in [2.05, 4.69) is 16.0 Å². The van der Waals surface area contributed by atoms with Gasteiger partial charge in [0.15, 0.2) is 5.82 Å². The molecule has 0 aliphatic heterocycles. The van der Waals surface area contributed by atoms with Gasteiger partial charge in [-0.25, -0.2) is 9.97 Å². The smallest absolute Gasteiger partial charge is 0.160 e. The number of benzene rings is 1. The molecule has 0 amide bonds. The topological polar surface area (TPSA) is 58.8 Å².